The summed E-state index contributed by atoms with van der Waals surface area (Å²) in [5.74, 6) is 0.801. The largest absolute Gasteiger partial charge is 0.357 e. The molecule has 0 radical (unpaired) electrons. The zero-order valence-corrected chi connectivity index (χ0v) is 21.8. The monoisotopic (exact) mass is 572 g/mol. The minimum Gasteiger partial charge on any atom is -0.357 e. The molecule has 2 N–H and O–H groups in total. The van der Waals surface area contributed by atoms with E-state index in [2.05, 4.69) is 32.7 Å². The fraction of sp³-hybridized carbons (Fsp3) is 0.364. The van der Waals surface area contributed by atoms with Crippen LogP contribution in [-0.2, 0) is 22.7 Å². The van der Waals surface area contributed by atoms with Gasteiger partial charge in [-0.05, 0) is 49.6 Å². The molecule has 0 fully saturated rings. The molecule has 2 aromatic carbocycles. The summed E-state index contributed by atoms with van der Waals surface area (Å²) in [5.41, 5.74) is 2.15. The smallest absolute Gasteiger partial charge is 0.191 e. The standard InChI is InChI=1S/C22H28N4O2S2.HI/c1-3-23-22(25-16-14-17-10-12-18(13-11-17)30(2,27)28)24-15-6-9-21-26-19-7-4-5-8-20(19)29-21;/h4-5,7-8,10-13H,3,6,9,14-16H2,1-2H3,(H2,23,24,25);1H. The third-order valence-corrected chi connectivity index (χ3v) is 6.78. The molecule has 0 amide bonds. The molecule has 0 spiro atoms. The third kappa shape index (κ3) is 8.04. The molecule has 0 aliphatic carbocycles. The van der Waals surface area contributed by atoms with Crippen molar-refractivity contribution >= 4 is 61.3 Å². The highest BCUT2D eigenvalue weighted by Crippen LogP contribution is 2.22. The van der Waals surface area contributed by atoms with E-state index in [1.807, 2.05) is 31.2 Å². The molecule has 0 atom stereocenters. The molecular formula is C22H29IN4O2S2. The van der Waals surface area contributed by atoms with Crippen LogP contribution in [-0.4, -0.2) is 45.3 Å². The van der Waals surface area contributed by atoms with Crippen molar-refractivity contribution in [3.8, 4) is 0 Å². The van der Waals surface area contributed by atoms with Gasteiger partial charge in [-0.3, -0.25) is 4.99 Å². The number of nitrogens with zero attached hydrogens (tertiary/aromatic N) is 2. The lowest BCUT2D eigenvalue weighted by atomic mass is 10.1. The SMILES string of the molecule is CCNC(=NCCCc1nc2ccccc2s1)NCCc1ccc(S(C)(=O)=O)cc1.I. The van der Waals surface area contributed by atoms with Crippen LogP contribution in [0.2, 0.25) is 0 Å². The van der Waals surface area contributed by atoms with E-state index < -0.39 is 9.84 Å². The van der Waals surface area contributed by atoms with Crippen LogP contribution in [0.4, 0.5) is 0 Å². The van der Waals surface area contributed by atoms with Gasteiger partial charge in [0, 0.05) is 32.3 Å². The molecule has 0 saturated carbocycles. The van der Waals surface area contributed by atoms with Gasteiger partial charge in [-0.15, -0.1) is 35.3 Å². The number of benzene rings is 2. The summed E-state index contributed by atoms with van der Waals surface area (Å²) in [6.45, 7) is 4.30. The molecular weight excluding hydrogens is 543 g/mol. The molecule has 1 aromatic heterocycles. The second-order valence-electron chi connectivity index (χ2n) is 7.03. The number of aliphatic imine (C=N–C) groups is 1. The minimum atomic E-state index is -3.15. The highest BCUT2D eigenvalue weighted by atomic mass is 127. The van der Waals surface area contributed by atoms with Gasteiger partial charge in [-0.2, -0.15) is 0 Å². The molecule has 3 rings (SSSR count). The Morgan fingerprint density at radius 1 is 1.06 bits per heavy atom. The van der Waals surface area contributed by atoms with Gasteiger partial charge in [0.25, 0.3) is 0 Å². The van der Waals surface area contributed by atoms with E-state index in [9.17, 15) is 8.42 Å². The molecule has 168 valence electrons. The zero-order valence-electron chi connectivity index (χ0n) is 17.8. The number of hydrogen-bond donors (Lipinski definition) is 2. The van der Waals surface area contributed by atoms with Gasteiger partial charge in [0.05, 0.1) is 20.1 Å². The van der Waals surface area contributed by atoms with Gasteiger partial charge in [-0.25, -0.2) is 13.4 Å². The van der Waals surface area contributed by atoms with Crippen LogP contribution in [0, 0.1) is 0 Å². The maximum Gasteiger partial charge on any atom is 0.191 e. The van der Waals surface area contributed by atoms with E-state index in [1.54, 1.807) is 23.5 Å². The van der Waals surface area contributed by atoms with Crippen molar-refractivity contribution in [3.05, 3.63) is 59.1 Å². The van der Waals surface area contributed by atoms with E-state index >= 15 is 0 Å². The Kier molecular flexibility index (Phi) is 10.2. The molecule has 6 nitrogen and oxygen atoms in total. The van der Waals surface area contributed by atoms with Crippen LogP contribution in [0.1, 0.15) is 23.9 Å². The van der Waals surface area contributed by atoms with Crippen LogP contribution in [0.3, 0.4) is 0 Å². The Balaban J connectivity index is 0.00000341. The normalized spacial score (nSPS) is 11.9. The highest BCUT2D eigenvalue weighted by Gasteiger charge is 2.06. The van der Waals surface area contributed by atoms with E-state index in [0.717, 1.165) is 60.9 Å². The maximum atomic E-state index is 11.5. The number of halogens is 1. The summed E-state index contributed by atoms with van der Waals surface area (Å²) >= 11 is 1.75. The van der Waals surface area contributed by atoms with Crippen LogP contribution in [0.15, 0.2) is 58.4 Å². The quantitative estimate of drug-likeness (QED) is 0.175. The van der Waals surface area contributed by atoms with Crippen LogP contribution >= 0.6 is 35.3 Å². The third-order valence-electron chi connectivity index (χ3n) is 4.56. The second kappa shape index (κ2) is 12.4. The fourth-order valence-corrected chi connectivity index (χ4v) is 4.66. The van der Waals surface area contributed by atoms with Crippen molar-refractivity contribution in [2.75, 3.05) is 25.9 Å². The van der Waals surface area contributed by atoms with Crippen LogP contribution in [0.5, 0.6) is 0 Å². The number of aryl methyl sites for hydroxylation is 1. The first kappa shape index (κ1) is 25.5. The van der Waals surface area contributed by atoms with Crippen molar-refractivity contribution in [3.63, 3.8) is 0 Å². The van der Waals surface area contributed by atoms with Crippen molar-refractivity contribution < 1.29 is 8.42 Å². The minimum absolute atomic E-state index is 0. The van der Waals surface area contributed by atoms with Gasteiger partial charge in [-0.1, -0.05) is 24.3 Å². The number of nitrogens with one attached hydrogen (secondary N) is 2. The zero-order chi connectivity index (χ0) is 21.4. The molecule has 1 heterocycles. The second-order valence-corrected chi connectivity index (χ2v) is 10.2. The van der Waals surface area contributed by atoms with Gasteiger partial charge < -0.3 is 10.6 Å². The molecule has 0 aliphatic rings. The lowest BCUT2D eigenvalue weighted by Gasteiger charge is -2.11. The maximum absolute atomic E-state index is 11.5. The number of guanidine groups is 1. The Labute approximate surface area is 205 Å². The molecule has 31 heavy (non-hydrogen) atoms. The summed E-state index contributed by atoms with van der Waals surface area (Å²) in [6.07, 6.45) is 3.89. The van der Waals surface area contributed by atoms with Gasteiger partial charge in [0.15, 0.2) is 15.8 Å². The van der Waals surface area contributed by atoms with Crippen molar-refractivity contribution in [2.24, 2.45) is 4.99 Å². The summed E-state index contributed by atoms with van der Waals surface area (Å²) in [4.78, 5) is 9.67. The fourth-order valence-electron chi connectivity index (χ4n) is 3.02. The Morgan fingerprint density at radius 3 is 2.48 bits per heavy atom. The average Bonchev–Trinajstić information content (AvgIpc) is 3.14. The number of rotatable bonds is 9. The number of hydrogen-bond acceptors (Lipinski definition) is 5. The lowest BCUT2D eigenvalue weighted by Crippen LogP contribution is -2.38. The van der Waals surface area contributed by atoms with E-state index in [0.29, 0.717) is 4.90 Å². The van der Waals surface area contributed by atoms with E-state index in [-0.39, 0.29) is 24.0 Å². The predicted octanol–water partition coefficient (Wildman–Crippen LogP) is 4.05. The summed E-state index contributed by atoms with van der Waals surface area (Å²) < 4.78 is 24.3. The first-order valence-electron chi connectivity index (χ1n) is 10.1. The number of fused-ring (bicyclic) bond motifs is 1. The first-order chi connectivity index (χ1) is 14.5. The van der Waals surface area contributed by atoms with Gasteiger partial charge in [0.2, 0.25) is 0 Å². The number of sulfone groups is 1. The van der Waals surface area contributed by atoms with Crippen LogP contribution in [0.25, 0.3) is 10.2 Å². The molecule has 0 aliphatic heterocycles. The molecule has 3 aromatic rings. The van der Waals surface area contributed by atoms with Gasteiger partial charge >= 0.3 is 0 Å². The topological polar surface area (TPSA) is 83.4 Å². The number of aromatic nitrogens is 1. The Bertz CT molecular complexity index is 1060. The van der Waals surface area contributed by atoms with Gasteiger partial charge in [0.1, 0.15) is 0 Å². The lowest BCUT2D eigenvalue weighted by molar-refractivity contribution is 0.602. The first-order valence-corrected chi connectivity index (χ1v) is 12.8. The predicted molar refractivity (Wildman–Crippen MR) is 141 cm³/mol. The van der Waals surface area contributed by atoms with Crippen LogP contribution < -0.4 is 10.6 Å². The average molecular weight is 573 g/mol. The summed E-state index contributed by atoms with van der Waals surface area (Å²) in [7, 11) is -3.15. The molecule has 9 heteroatoms. The van der Waals surface area contributed by atoms with Crippen molar-refractivity contribution in [1.29, 1.82) is 0 Å². The summed E-state index contributed by atoms with van der Waals surface area (Å²) in [6, 6.07) is 15.3. The van der Waals surface area contributed by atoms with E-state index in [1.165, 1.54) is 11.0 Å². The van der Waals surface area contributed by atoms with E-state index in [4.69, 9.17) is 0 Å². The Hall–Kier alpha value is -1.72. The Morgan fingerprint density at radius 2 is 1.81 bits per heavy atom. The number of thiazole rings is 1. The van der Waals surface area contributed by atoms with Crippen molar-refractivity contribution in [1.82, 2.24) is 15.6 Å². The molecule has 0 unspecified atom stereocenters. The summed E-state index contributed by atoms with van der Waals surface area (Å²) in [5, 5.41) is 7.76. The molecule has 0 saturated heterocycles. The number of para-hydroxylation sites is 1. The molecule has 0 bridgehead atoms. The highest BCUT2D eigenvalue weighted by molar-refractivity contribution is 14.0. The van der Waals surface area contributed by atoms with Crippen molar-refractivity contribution in [2.45, 2.75) is 31.1 Å².